The van der Waals surface area contributed by atoms with Gasteiger partial charge in [0.15, 0.2) is 0 Å². The van der Waals surface area contributed by atoms with E-state index in [1.165, 1.54) is 0 Å². The zero-order valence-electron chi connectivity index (χ0n) is 11.8. The van der Waals surface area contributed by atoms with Crippen LogP contribution in [0.3, 0.4) is 0 Å². The second-order valence-corrected chi connectivity index (χ2v) is 4.93. The molecular formula is C12H22N6O. The van der Waals surface area contributed by atoms with Crippen molar-refractivity contribution >= 4 is 11.8 Å². The molecule has 0 aromatic carbocycles. The summed E-state index contributed by atoms with van der Waals surface area (Å²) in [6.45, 7) is 4.06. The SMILES string of the molecule is COc1cc(NCC2CN(C)CCN2C)nc(N)n1. The Hall–Kier alpha value is -1.60. The minimum atomic E-state index is 0.218. The number of ether oxygens (including phenoxy) is 1. The number of nitrogens with one attached hydrogen (secondary N) is 1. The Morgan fingerprint density at radius 3 is 2.95 bits per heavy atom. The number of nitrogen functional groups attached to an aromatic ring is 1. The molecule has 0 radical (unpaired) electrons. The van der Waals surface area contributed by atoms with Gasteiger partial charge in [-0.2, -0.15) is 9.97 Å². The molecule has 19 heavy (non-hydrogen) atoms. The first-order chi connectivity index (χ1) is 9.08. The van der Waals surface area contributed by atoms with Gasteiger partial charge in [0.05, 0.1) is 7.11 Å². The van der Waals surface area contributed by atoms with Crippen LogP contribution >= 0.6 is 0 Å². The molecule has 3 N–H and O–H groups in total. The van der Waals surface area contributed by atoms with Crippen LogP contribution in [0.25, 0.3) is 0 Å². The third-order valence-electron chi connectivity index (χ3n) is 3.43. The number of anilines is 2. The normalized spacial score (nSPS) is 21.3. The first kappa shape index (κ1) is 13.8. The van der Waals surface area contributed by atoms with Crippen molar-refractivity contribution in [1.29, 1.82) is 0 Å². The van der Waals surface area contributed by atoms with E-state index in [9.17, 15) is 0 Å². The van der Waals surface area contributed by atoms with Crippen molar-refractivity contribution in [2.24, 2.45) is 0 Å². The molecule has 7 heteroatoms. The largest absolute Gasteiger partial charge is 0.481 e. The highest BCUT2D eigenvalue weighted by molar-refractivity contribution is 5.42. The Labute approximate surface area is 113 Å². The quantitative estimate of drug-likeness (QED) is 0.776. The van der Waals surface area contributed by atoms with Crippen LogP contribution in [0.1, 0.15) is 0 Å². The van der Waals surface area contributed by atoms with Crippen LogP contribution in [0.5, 0.6) is 5.88 Å². The minimum absolute atomic E-state index is 0.218. The lowest BCUT2D eigenvalue weighted by atomic mass is 10.2. The Bertz CT molecular complexity index is 427. The Balaban J connectivity index is 1.96. The Morgan fingerprint density at radius 2 is 2.21 bits per heavy atom. The van der Waals surface area contributed by atoms with E-state index in [0.717, 1.165) is 26.2 Å². The maximum absolute atomic E-state index is 5.63. The molecule has 1 atom stereocenters. The molecule has 2 heterocycles. The minimum Gasteiger partial charge on any atom is -0.481 e. The van der Waals surface area contributed by atoms with Gasteiger partial charge in [-0.3, -0.25) is 4.90 Å². The van der Waals surface area contributed by atoms with Crippen LogP contribution in [0, 0.1) is 0 Å². The molecule has 1 fully saturated rings. The van der Waals surface area contributed by atoms with Crippen LogP contribution in [0.4, 0.5) is 11.8 Å². The zero-order chi connectivity index (χ0) is 13.8. The molecule has 0 saturated carbocycles. The predicted molar refractivity (Wildman–Crippen MR) is 75.4 cm³/mol. The molecule has 1 saturated heterocycles. The van der Waals surface area contributed by atoms with Crippen LogP contribution < -0.4 is 15.8 Å². The van der Waals surface area contributed by atoms with E-state index in [-0.39, 0.29) is 5.95 Å². The lowest BCUT2D eigenvalue weighted by Crippen LogP contribution is -2.52. The molecule has 0 bridgehead atoms. The summed E-state index contributed by atoms with van der Waals surface area (Å²) < 4.78 is 5.08. The summed E-state index contributed by atoms with van der Waals surface area (Å²) in [6.07, 6.45) is 0. The van der Waals surface area contributed by atoms with E-state index < -0.39 is 0 Å². The highest BCUT2D eigenvalue weighted by Crippen LogP contribution is 2.15. The maximum atomic E-state index is 5.63. The molecule has 0 spiro atoms. The predicted octanol–water partition coefficient (Wildman–Crippen LogP) is -0.275. The molecule has 1 aliphatic rings. The van der Waals surface area contributed by atoms with Gasteiger partial charge >= 0.3 is 0 Å². The van der Waals surface area contributed by atoms with Crippen molar-refractivity contribution in [3.05, 3.63) is 6.07 Å². The highest BCUT2D eigenvalue weighted by Gasteiger charge is 2.21. The van der Waals surface area contributed by atoms with E-state index in [1.807, 2.05) is 0 Å². The number of aromatic nitrogens is 2. The van der Waals surface area contributed by atoms with Gasteiger partial charge in [-0.1, -0.05) is 0 Å². The van der Waals surface area contributed by atoms with Gasteiger partial charge in [0, 0.05) is 38.3 Å². The Morgan fingerprint density at radius 1 is 1.42 bits per heavy atom. The fourth-order valence-electron chi connectivity index (χ4n) is 2.18. The lowest BCUT2D eigenvalue weighted by Gasteiger charge is -2.37. The number of nitrogens with zero attached hydrogens (tertiary/aromatic N) is 4. The molecular weight excluding hydrogens is 244 g/mol. The molecule has 106 valence electrons. The molecule has 0 aliphatic carbocycles. The summed E-state index contributed by atoms with van der Waals surface area (Å²) >= 11 is 0. The van der Waals surface area contributed by atoms with E-state index in [1.54, 1.807) is 13.2 Å². The van der Waals surface area contributed by atoms with E-state index >= 15 is 0 Å². The second-order valence-electron chi connectivity index (χ2n) is 4.93. The van der Waals surface area contributed by atoms with Gasteiger partial charge in [-0.25, -0.2) is 0 Å². The molecule has 1 aromatic rings. The number of methoxy groups -OCH3 is 1. The van der Waals surface area contributed by atoms with Crippen molar-refractivity contribution in [1.82, 2.24) is 19.8 Å². The lowest BCUT2D eigenvalue weighted by molar-refractivity contribution is 0.122. The van der Waals surface area contributed by atoms with Crippen LogP contribution in [0.2, 0.25) is 0 Å². The summed E-state index contributed by atoms with van der Waals surface area (Å²) in [7, 11) is 5.86. The van der Waals surface area contributed by atoms with Gasteiger partial charge in [-0.05, 0) is 14.1 Å². The van der Waals surface area contributed by atoms with Gasteiger partial charge in [0.2, 0.25) is 11.8 Å². The highest BCUT2D eigenvalue weighted by atomic mass is 16.5. The number of nitrogens with two attached hydrogens (primary N) is 1. The van der Waals surface area contributed by atoms with Gasteiger partial charge in [0.1, 0.15) is 5.82 Å². The molecule has 1 aliphatic heterocycles. The third-order valence-corrected chi connectivity index (χ3v) is 3.43. The number of rotatable bonds is 4. The number of piperazine rings is 1. The number of likely N-dealkylation sites (N-methyl/N-ethyl adjacent to an activating group) is 2. The summed E-state index contributed by atoms with van der Waals surface area (Å²) in [5.74, 6) is 1.39. The van der Waals surface area contributed by atoms with Crippen molar-refractivity contribution in [2.75, 3.05) is 58.4 Å². The zero-order valence-corrected chi connectivity index (χ0v) is 11.8. The smallest absolute Gasteiger partial charge is 0.225 e. The van der Waals surface area contributed by atoms with E-state index in [2.05, 4.69) is 39.2 Å². The van der Waals surface area contributed by atoms with Crippen LogP contribution in [0.15, 0.2) is 6.07 Å². The van der Waals surface area contributed by atoms with Gasteiger partial charge in [0.25, 0.3) is 0 Å². The van der Waals surface area contributed by atoms with Crippen molar-refractivity contribution in [3.63, 3.8) is 0 Å². The van der Waals surface area contributed by atoms with Crippen LogP contribution in [-0.4, -0.2) is 73.2 Å². The summed E-state index contributed by atoms with van der Waals surface area (Å²) in [5, 5.41) is 3.30. The third kappa shape index (κ3) is 3.68. The topological polar surface area (TPSA) is 79.5 Å². The van der Waals surface area contributed by atoms with Crippen LogP contribution in [-0.2, 0) is 0 Å². The van der Waals surface area contributed by atoms with Gasteiger partial charge < -0.3 is 20.7 Å². The summed E-state index contributed by atoms with van der Waals surface area (Å²) in [6, 6.07) is 2.21. The van der Waals surface area contributed by atoms with E-state index in [0.29, 0.717) is 17.7 Å². The van der Waals surface area contributed by atoms with Crippen molar-refractivity contribution in [3.8, 4) is 5.88 Å². The Kier molecular flexibility index (Phi) is 4.39. The average molecular weight is 266 g/mol. The number of hydrogen-bond donors (Lipinski definition) is 2. The molecule has 2 rings (SSSR count). The number of hydrogen-bond acceptors (Lipinski definition) is 7. The van der Waals surface area contributed by atoms with Crippen molar-refractivity contribution in [2.45, 2.75) is 6.04 Å². The first-order valence-electron chi connectivity index (χ1n) is 6.39. The second kappa shape index (κ2) is 6.03. The van der Waals surface area contributed by atoms with Crippen molar-refractivity contribution < 1.29 is 4.74 Å². The standard InChI is InChI=1S/C12H22N6O/c1-17-4-5-18(2)9(8-17)7-14-10-6-11(19-3)16-12(13)15-10/h6,9H,4-5,7-8H2,1-3H3,(H3,13,14,15,16). The molecule has 1 unspecified atom stereocenters. The molecule has 7 nitrogen and oxygen atoms in total. The fourth-order valence-corrected chi connectivity index (χ4v) is 2.18. The average Bonchev–Trinajstić information content (AvgIpc) is 2.39. The monoisotopic (exact) mass is 266 g/mol. The first-order valence-corrected chi connectivity index (χ1v) is 6.39. The molecule has 1 aromatic heterocycles. The molecule has 0 amide bonds. The fraction of sp³-hybridized carbons (Fsp3) is 0.667. The maximum Gasteiger partial charge on any atom is 0.225 e. The summed E-state index contributed by atoms with van der Waals surface area (Å²) in [4.78, 5) is 12.8. The van der Waals surface area contributed by atoms with E-state index in [4.69, 9.17) is 10.5 Å². The summed E-state index contributed by atoms with van der Waals surface area (Å²) in [5.41, 5.74) is 5.63. The van der Waals surface area contributed by atoms with Gasteiger partial charge in [-0.15, -0.1) is 0 Å².